The maximum atomic E-state index is 12.6. The van der Waals surface area contributed by atoms with Crippen LogP contribution in [-0.2, 0) is 0 Å². The van der Waals surface area contributed by atoms with Gasteiger partial charge in [-0.3, -0.25) is 9.48 Å². The van der Waals surface area contributed by atoms with Gasteiger partial charge in [-0.2, -0.15) is 5.10 Å². The van der Waals surface area contributed by atoms with Crippen LogP contribution in [0.15, 0.2) is 12.3 Å². The average molecular weight is 318 g/mol. The van der Waals surface area contributed by atoms with Crippen LogP contribution in [0.2, 0.25) is 0 Å². The number of aromatic nitrogens is 2. The summed E-state index contributed by atoms with van der Waals surface area (Å²) in [6.45, 7) is 1.04. The first kappa shape index (κ1) is 16.5. The molecule has 1 aromatic heterocycles. The van der Waals surface area contributed by atoms with Crippen LogP contribution >= 0.6 is 0 Å². The van der Waals surface area contributed by atoms with Crippen LogP contribution in [0.1, 0.15) is 67.9 Å². The van der Waals surface area contributed by atoms with Gasteiger partial charge in [0.1, 0.15) is 5.69 Å². The molecule has 128 valence electrons. The van der Waals surface area contributed by atoms with Crippen LogP contribution in [-0.4, -0.2) is 47.3 Å². The highest BCUT2D eigenvalue weighted by Crippen LogP contribution is 2.29. The average Bonchev–Trinajstić information content (AvgIpc) is 3.19. The molecule has 0 bridgehead atoms. The zero-order chi connectivity index (χ0) is 16.2. The van der Waals surface area contributed by atoms with Gasteiger partial charge in [-0.1, -0.05) is 25.7 Å². The van der Waals surface area contributed by atoms with Crippen LogP contribution in [0.5, 0.6) is 0 Å². The topological polar surface area (TPSA) is 50.2 Å². The third kappa shape index (κ3) is 4.14. The lowest BCUT2D eigenvalue weighted by Crippen LogP contribution is -2.45. The molecular weight excluding hydrogens is 288 g/mol. The molecule has 1 amide bonds. The number of nitrogens with one attached hydrogen (secondary N) is 1. The van der Waals surface area contributed by atoms with Crippen molar-refractivity contribution in [1.82, 2.24) is 20.0 Å². The Hall–Kier alpha value is -1.36. The van der Waals surface area contributed by atoms with Gasteiger partial charge in [-0.25, -0.2) is 0 Å². The van der Waals surface area contributed by atoms with Crippen molar-refractivity contribution in [2.75, 3.05) is 20.6 Å². The van der Waals surface area contributed by atoms with Crippen LogP contribution in [0.25, 0.3) is 0 Å². The summed E-state index contributed by atoms with van der Waals surface area (Å²) in [5, 5.41) is 7.79. The quantitative estimate of drug-likeness (QED) is 0.908. The van der Waals surface area contributed by atoms with E-state index in [-0.39, 0.29) is 11.9 Å². The third-order valence-electron chi connectivity index (χ3n) is 5.37. The molecule has 2 aliphatic carbocycles. The molecule has 0 aliphatic heterocycles. The monoisotopic (exact) mass is 318 g/mol. The summed E-state index contributed by atoms with van der Waals surface area (Å²) in [6.07, 6.45) is 11.7. The summed E-state index contributed by atoms with van der Waals surface area (Å²) in [5.41, 5.74) is 0.575. The molecule has 5 nitrogen and oxygen atoms in total. The molecule has 2 unspecified atom stereocenters. The summed E-state index contributed by atoms with van der Waals surface area (Å²) in [7, 11) is 4.22. The predicted molar refractivity (Wildman–Crippen MR) is 91.5 cm³/mol. The van der Waals surface area contributed by atoms with E-state index in [1.807, 2.05) is 16.9 Å². The lowest BCUT2D eigenvalue weighted by molar-refractivity contribution is 0.0889. The van der Waals surface area contributed by atoms with E-state index in [0.29, 0.717) is 17.7 Å². The minimum absolute atomic E-state index is 0.00240. The third-order valence-corrected chi connectivity index (χ3v) is 5.37. The minimum atomic E-state index is -0.00240. The highest BCUT2D eigenvalue weighted by atomic mass is 16.2. The molecule has 1 N–H and O–H groups in total. The SMILES string of the molecule is CN(C)CC1CCCCC1NC(=O)c1ccn(C2CCCC2)n1. The van der Waals surface area contributed by atoms with Gasteiger partial charge < -0.3 is 10.2 Å². The number of rotatable bonds is 5. The number of nitrogens with zero attached hydrogens (tertiary/aromatic N) is 3. The summed E-state index contributed by atoms with van der Waals surface area (Å²) >= 11 is 0. The normalized spacial score (nSPS) is 25.9. The van der Waals surface area contributed by atoms with Crippen molar-refractivity contribution in [3.63, 3.8) is 0 Å². The molecule has 0 spiro atoms. The van der Waals surface area contributed by atoms with Crippen molar-refractivity contribution in [2.24, 2.45) is 5.92 Å². The molecule has 2 fully saturated rings. The Bertz CT molecular complexity index is 519. The van der Waals surface area contributed by atoms with Gasteiger partial charge in [0.15, 0.2) is 0 Å². The molecule has 1 aromatic rings. The zero-order valence-corrected chi connectivity index (χ0v) is 14.5. The molecule has 0 aromatic carbocycles. The van der Waals surface area contributed by atoms with Crippen LogP contribution in [0.4, 0.5) is 0 Å². The number of carbonyl (C=O) groups excluding carboxylic acids is 1. The standard InChI is InChI=1S/C18H30N4O/c1-21(2)13-14-7-3-6-10-16(14)19-18(23)17-11-12-22(20-17)15-8-4-5-9-15/h11-12,14-16H,3-10,13H2,1-2H3,(H,19,23). The number of carbonyl (C=O) groups is 1. The fourth-order valence-corrected chi connectivity index (χ4v) is 4.16. The van der Waals surface area contributed by atoms with Gasteiger partial charge >= 0.3 is 0 Å². The first-order valence-electron chi connectivity index (χ1n) is 9.14. The van der Waals surface area contributed by atoms with E-state index in [2.05, 4.69) is 29.4 Å². The second kappa shape index (κ2) is 7.47. The van der Waals surface area contributed by atoms with Gasteiger partial charge in [-0.05, 0) is 51.8 Å². The van der Waals surface area contributed by atoms with Gasteiger partial charge in [-0.15, -0.1) is 0 Å². The van der Waals surface area contributed by atoms with E-state index < -0.39 is 0 Å². The minimum Gasteiger partial charge on any atom is -0.348 e. The van der Waals surface area contributed by atoms with E-state index in [1.165, 1.54) is 44.9 Å². The zero-order valence-electron chi connectivity index (χ0n) is 14.5. The predicted octanol–water partition coefficient (Wildman–Crippen LogP) is 2.85. The fourth-order valence-electron chi connectivity index (χ4n) is 4.16. The van der Waals surface area contributed by atoms with Crippen molar-refractivity contribution in [3.05, 3.63) is 18.0 Å². The van der Waals surface area contributed by atoms with Gasteiger partial charge in [0.25, 0.3) is 5.91 Å². The van der Waals surface area contributed by atoms with Gasteiger partial charge in [0.05, 0.1) is 6.04 Å². The smallest absolute Gasteiger partial charge is 0.272 e. The van der Waals surface area contributed by atoms with E-state index in [4.69, 9.17) is 0 Å². The summed E-state index contributed by atoms with van der Waals surface area (Å²) < 4.78 is 2.00. The van der Waals surface area contributed by atoms with Crippen molar-refractivity contribution < 1.29 is 4.79 Å². The first-order valence-corrected chi connectivity index (χ1v) is 9.14. The largest absolute Gasteiger partial charge is 0.348 e. The lowest BCUT2D eigenvalue weighted by Gasteiger charge is -2.33. The molecule has 3 rings (SSSR count). The second-order valence-corrected chi connectivity index (χ2v) is 7.51. The maximum absolute atomic E-state index is 12.6. The maximum Gasteiger partial charge on any atom is 0.272 e. The van der Waals surface area contributed by atoms with Crippen molar-refractivity contribution in [1.29, 1.82) is 0 Å². The van der Waals surface area contributed by atoms with Crippen LogP contribution in [0, 0.1) is 5.92 Å². The van der Waals surface area contributed by atoms with Crippen molar-refractivity contribution in [2.45, 2.75) is 63.5 Å². The summed E-state index contributed by atoms with van der Waals surface area (Å²) in [4.78, 5) is 14.8. The van der Waals surface area contributed by atoms with Crippen LogP contribution in [0.3, 0.4) is 0 Å². The van der Waals surface area contributed by atoms with E-state index in [1.54, 1.807) is 0 Å². The second-order valence-electron chi connectivity index (χ2n) is 7.51. The summed E-state index contributed by atoms with van der Waals surface area (Å²) in [5.74, 6) is 0.553. The van der Waals surface area contributed by atoms with E-state index >= 15 is 0 Å². The van der Waals surface area contributed by atoms with E-state index in [9.17, 15) is 4.79 Å². The Morgan fingerprint density at radius 2 is 1.91 bits per heavy atom. The fraction of sp³-hybridized carbons (Fsp3) is 0.778. The molecule has 5 heteroatoms. The Morgan fingerprint density at radius 3 is 2.65 bits per heavy atom. The van der Waals surface area contributed by atoms with Gasteiger partial charge in [0.2, 0.25) is 0 Å². The Morgan fingerprint density at radius 1 is 1.22 bits per heavy atom. The number of amides is 1. The molecule has 2 atom stereocenters. The lowest BCUT2D eigenvalue weighted by atomic mass is 9.84. The molecule has 23 heavy (non-hydrogen) atoms. The van der Waals surface area contributed by atoms with Gasteiger partial charge in [0, 0.05) is 18.8 Å². The van der Waals surface area contributed by atoms with Crippen LogP contribution < -0.4 is 5.32 Å². The molecular formula is C18H30N4O. The number of hydrogen-bond donors (Lipinski definition) is 1. The van der Waals surface area contributed by atoms with Crippen molar-refractivity contribution in [3.8, 4) is 0 Å². The molecule has 2 saturated carbocycles. The Labute approximate surface area is 139 Å². The van der Waals surface area contributed by atoms with E-state index in [0.717, 1.165) is 13.0 Å². The summed E-state index contributed by atoms with van der Waals surface area (Å²) in [6, 6.07) is 2.65. The first-order chi connectivity index (χ1) is 11.1. The molecule has 1 heterocycles. The Kier molecular flexibility index (Phi) is 5.36. The highest BCUT2D eigenvalue weighted by molar-refractivity contribution is 5.92. The molecule has 2 aliphatic rings. The Balaban J connectivity index is 1.61. The van der Waals surface area contributed by atoms with Crippen molar-refractivity contribution >= 4 is 5.91 Å². The highest BCUT2D eigenvalue weighted by Gasteiger charge is 2.28. The molecule has 0 saturated heterocycles. The molecule has 0 radical (unpaired) electrons. The number of hydrogen-bond acceptors (Lipinski definition) is 3.